The van der Waals surface area contributed by atoms with Gasteiger partial charge in [-0.15, -0.1) is 0 Å². The van der Waals surface area contributed by atoms with Crippen LogP contribution in [0, 0.1) is 13.8 Å². The number of nitrogens with zero attached hydrogens (tertiary/aromatic N) is 6. The second kappa shape index (κ2) is 6.71. The Hall–Kier alpha value is -2.73. The Morgan fingerprint density at radius 2 is 1.96 bits per heavy atom. The molecule has 6 nitrogen and oxygen atoms in total. The second-order valence-electron chi connectivity index (χ2n) is 7.48. The summed E-state index contributed by atoms with van der Waals surface area (Å²) < 4.78 is 1.87. The molecule has 5 rings (SSSR count). The third kappa shape index (κ3) is 2.88. The Kier molecular flexibility index (Phi) is 4.16. The Morgan fingerprint density at radius 3 is 2.86 bits per heavy atom. The van der Waals surface area contributed by atoms with Crippen molar-refractivity contribution in [3.8, 4) is 0 Å². The molecular formula is C21H21ClN6. The average molecular weight is 393 g/mol. The van der Waals surface area contributed by atoms with Crippen LogP contribution in [0.1, 0.15) is 42.3 Å². The molecule has 0 saturated carbocycles. The zero-order valence-electron chi connectivity index (χ0n) is 15.9. The van der Waals surface area contributed by atoms with Crippen LogP contribution in [0.5, 0.6) is 0 Å². The predicted octanol–water partition coefficient (Wildman–Crippen LogP) is 4.67. The number of benzene rings is 1. The fraction of sp³-hybridized carbons (Fsp3) is 0.333. The molecule has 4 aromatic rings. The summed E-state index contributed by atoms with van der Waals surface area (Å²) in [6, 6.07) is 10.4. The van der Waals surface area contributed by atoms with Crippen LogP contribution in [0.25, 0.3) is 16.6 Å². The molecule has 0 bridgehead atoms. The molecule has 1 aliphatic heterocycles. The van der Waals surface area contributed by atoms with Crippen LogP contribution in [0.4, 0.5) is 5.82 Å². The smallest absolute Gasteiger partial charge is 0.157 e. The van der Waals surface area contributed by atoms with E-state index in [1.54, 1.807) is 6.33 Å². The highest BCUT2D eigenvalue weighted by molar-refractivity contribution is 6.29. The molecule has 28 heavy (non-hydrogen) atoms. The lowest BCUT2D eigenvalue weighted by molar-refractivity contribution is 0.461. The van der Waals surface area contributed by atoms with Crippen LogP contribution in [0.2, 0.25) is 5.15 Å². The molecule has 1 aromatic carbocycles. The lowest BCUT2D eigenvalue weighted by Crippen LogP contribution is -2.34. The van der Waals surface area contributed by atoms with E-state index in [4.69, 9.17) is 16.7 Å². The van der Waals surface area contributed by atoms with Crippen molar-refractivity contribution in [1.82, 2.24) is 24.6 Å². The molecule has 1 unspecified atom stereocenters. The van der Waals surface area contributed by atoms with Gasteiger partial charge in [-0.1, -0.05) is 23.2 Å². The third-order valence-electron chi connectivity index (χ3n) is 5.48. The van der Waals surface area contributed by atoms with E-state index >= 15 is 0 Å². The van der Waals surface area contributed by atoms with Crippen LogP contribution in [-0.4, -0.2) is 31.1 Å². The first-order chi connectivity index (χ1) is 13.6. The monoisotopic (exact) mass is 392 g/mol. The molecule has 1 aliphatic rings. The lowest BCUT2D eigenvalue weighted by Gasteiger charge is -2.36. The zero-order valence-corrected chi connectivity index (χ0v) is 16.7. The van der Waals surface area contributed by atoms with E-state index < -0.39 is 0 Å². The van der Waals surface area contributed by atoms with E-state index in [0.29, 0.717) is 5.15 Å². The number of aromatic nitrogens is 5. The number of halogens is 1. The first-order valence-electron chi connectivity index (χ1n) is 9.61. The molecule has 7 heteroatoms. The lowest BCUT2D eigenvalue weighted by atomic mass is 9.98. The molecular weight excluding hydrogens is 372 g/mol. The molecule has 4 heterocycles. The number of rotatable bonds is 2. The maximum absolute atomic E-state index is 6.14. The van der Waals surface area contributed by atoms with E-state index in [-0.39, 0.29) is 6.04 Å². The number of anilines is 1. The summed E-state index contributed by atoms with van der Waals surface area (Å²) in [5.41, 5.74) is 4.95. The van der Waals surface area contributed by atoms with Crippen LogP contribution in [-0.2, 0) is 0 Å². The minimum atomic E-state index is 0.159. The van der Waals surface area contributed by atoms with Crippen molar-refractivity contribution in [2.45, 2.75) is 39.2 Å². The topological polar surface area (TPSA) is 59.2 Å². The predicted molar refractivity (Wildman–Crippen MR) is 111 cm³/mol. The molecule has 1 atom stereocenters. The highest BCUT2D eigenvalue weighted by Gasteiger charge is 2.29. The summed E-state index contributed by atoms with van der Waals surface area (Å²) >= 11 is 6.14. The van der Waals surface area contributed by atoms with Crippen molar-refractivity contribution >= 4 is 34.0 Å². The number of fused-ring (bicyclic) bond motifs is 2. The summed E-state index contributed by atoms with van der Waals surface area (Å²) in [5.74, 6) is 0.984. The Morgan fingerprint density at radius 1 is 1.07 bits per heavy atom. The van der Waals surface area contributed by atoms with Crippen molar-refractivity contribution in [1.29, 1.82) is 0 Å². The van der Waals surface area contributed by atoms with Gasteiger partial charge in [-0.05, 0) is 51.3 Å². The summed E-state index contributed by atoms with van der Waals surface area (Å²) in [6.45, 7) is 5.05. The van der Waals surface area contributed by atoms with E-state index in [2.05, 4.69) is 51.0 Å². The fourth-order valence-electron chi connectivity index (χ4n) is 4.14. The largest absolute Gasteiger partial charge is 0.347 e. The van der Waals surface area contributed by atoms with Gasteiger partial charge in [-0.3, -0.25) is 0 Å². The first-order valence-corrected chi connectivity index (χ1v) is 9.99. The Bertz CT molecular complexity index is 1180. The van der Waals surface area contributed by atoms with Crippen LogP contribution >= 0.6 is 11.6 Å². The van der Waals surface area contributed by atoms with Gasteiger partial charge in [-0.2, -0.15) is 5.10 Å². The van der Waals surface area contributed by atoms with Crippen molar-refractivity contribution in [3.05, 3.63) is 58.8 Å². The van der Waals surface area contributed by atoms with Gasteiger partial charge >= 0.3 is 0 Å². The van der Waals surface area contributed by atoms with Crippen molar-refractivity contribution in [2.75, 3.05) is 11.4 Å². The molecule has 1 fully saturated rings. The summed E-state index contributed by atoms with van der Waals surface area (Å²) in [5, 5.41) is 6.45. The molecule has 0 aliphatic carbocycles. The van der Waals surface area contributed by atoms with Crippen LogP contribution in [0.3, 0.4) is 0 Å². The van der Waals surface area contributed by atoms with Gasteiger partial charge in [0.2, 0.25) is 0 Å². The van der Waals surface area contributed by atoms with Gasteiger partial charge in [0.25, 0.3) is 0 Å². The maximum Gasteiger partial charge on any atom is 0.157 e. The minimum Gasteiger partial charge on any atom is -0.347 e. The summed E-state index contributed by atoms with van der Waals surface area (Å²) in [4.78, 5) is 15.9. The fourth-order valence-corrected chi connectivity index (χ4v) is 4.39. The van der Waals surface area contributed by atoms with Crippen molar-refractivity contribution in [2.24, 2.45) is 0 Å². The maximum atomic E-state index is 6.14. The first kappa shape index (κ1) is 17.4. The van der Waals surface area contributed by atoms with Gasteiger partial charge < -0.3 is 4.90 Å². The standard InChI is InChI=1S/C21H21ClN6/c1-13-6-7-16-15(9-13)21(24-12-23-16)27-8-4-3-5-18(27)17-11-20-25-19(22)10-14(2)28(20)26-17/h6-7,9-12,18H,3-5,8H2,1-2H3. The van der Waals surface area contributed by atoms with E-state index in [1.807, 2.05) is 17.5 Å². The van der Waals surface area contributed by atoms with Crippen LogP contribution in [0.15, 0.2) is 36.7 Å². The van der Waals surface area contributed by atoms with Gasteiger partial charge in [-0.25, -0.2) is 19.5 Å². The molecule has 142 valence electrons. The summed E-state index contributed by atoms with van der Waals surface area (Å²) in [7, 11) is 0. The third-order valence-corrected chi connectivity index (χ3v) is 5.67. The molecule has 0 spiro atoms. The van der Waals surface area contributed by atoms with Crippen LogP contribution < -0.4 is 4.90 Å². The SMILES string of the molecule is Cc1ccc2ncnc(N3CCCCC3c3cc4nc(Cl)cc(C)n4n3)c2c1. The number of hydrogen-bond acceptors (Lipinski definition) is 5. The quantitative estimate of drug-likeness (QED) is 0.464. The molecule has 0 radical (unpaired) electrons. The number of hydrogen-bond donors (Lipinski definition) is 0. The van der Waals surface area contributed by atoms with Gasteiger partial charge in [0.15, 0.2) is 5.65 Å². The van der Waals surface area contributed by atoms with E-state index in [0.717, 1.165) is 53.1 Å². The Balaban J connectivity index is 1.64. The zero-order chi connectivity index (χ0) is 19.3. The number of aryl methyl sites for hydroxylation is 2. The van der Waals surface area contributed by atoms with Crippen molar-refractivity contribution in [3.63, 3.8) is 0 Å². The average Bonchev–Trinajstić information content (AvgIpc) is 3.12. The normalized spacial score (nSPS) is 17.5. The van der Waals surface area contributed by atoms with E-state index in [9.17, 15) is 0 Å². The summed E-state index contributed by atoms with van der Waals surface area (Å²) in [6.07, 6.45) is 5.01. The van der Waals surface area contributed by atoms with Gasteiger partial charge in [0, 0.05) is 23.7 Å². The van der Waals surface area contributed by atoms with Crippen molar-refractivity contribution < 1.29 is 0 Å². The number of piperidine rings is 1. The highest BCUT2D eigenvalue weighted by Crippen LogP contribution is 2.36. The van der Waals surface area contributed by atoms with Gasteiger partial charge in [0.05, 0.1) is 17.3 Å². The minimum absolute atomic E-state index is 0.159. The molecule has 3 aromatic heterocycles. The molecule has 0 amide bonds. The van der Waals surface area contributed by atoms with Gasteiger partial charge in [0.1, 0.15) is 17.3 Å². The molecule has 0 N–H and O–H groups in total. The van der Waals surface area contributed by atoms with E-state index in [1.165, 1.54) is 12.0 Å². The molecule has 1 saturated heterocycles. The second-order valence-corrected chi connectivity index (χ2v) is 7.87. The highest BCUT2D eigenvalue weighted by atomic mass is 35.5. The Labute approximate surface area is 168 Å².